The maximum Gasteiger partial charge on any atom is 0.262 e. The topological polar surface area (TPSA) is 84.5 Å². The van der Waals surface area contributed by atoms with Gasteiger partial charge < -0.3 is 10.1 Å². The van der Waals surface area contributed by atoms with Gasteiger partial charge in [-0.3, -0.25) is 9.52 Å². The lowest BCUT2D eigenvalue weighted by Crippen LogP contribution is -2.40. The van der Waals surface area contributed by atoms with E-state index in [2.05, 4.69) is 10.0 Å². The lowest BCUT2D eigenvalue weighted by Gasteiger charge is -2.20. The Morgan fingerprint density at radius 1 is 1.18 bits per heavy atom. The van der Waals surface area contributed by atoms with Crippen LogP contribution in [0.4, 0.5) is 5.69 Å². The number of amides is 1. The molecule has 1 saturated heterocycles. The smallest absolute Gasteiger partial charge is 0.262 e. The number of ether oxygens (including phenoxy) is 1. The average molecular weight is 403 g/mol. The van der Waals surface area contributed by atoms with Crippen molar-refractivity contribution in [3.05, 3.63) is 59.2 Å². The fraction of sp³-hybridized carbons (Fsp3) is 0.381. The van der Waals surface area contributed by atoms with Gasteiger partial charge in [-0.2, -0.15) is 0 Å². The van der Waals surface area contributed by atoms with E-state index in [0.717, 1.165) is 25.0 Å². The van der Waals surface area contributed by atoms with Gasteiger partial charge in [0.25, 0.3) is 15.9 Å². The Kier molecular flexibility index (Phi) is 6.05. The van der Waals surface area contributed by atoms with E-state index in [1.165, 1.54) is 0 Å². The van der Waals surface area contributed by atoms with Gasteiger partial charge in [0.2, 0.25) is 0 Å². The lowest BCUT2D eigenvalue weighted by atomic mass is 10.1. The van der Waals surface area contributed by atoms with Gasteiger partial charge in [0.15, 0.2) is 0 Å². The van der Waals surface area contributed by atoms with Gasteiger partial charge in [-0.25, -0.2) is 8.42 Å². The third kappa shape index (κ3) is 4.72. The maximum atomic E-state index is 12.8. The summed E-state index contributed by atoms with van der Waals surface area (Å²) in [4.78, 5) is 12.8. The second kappa shape index (κ2) is 8.32. The van der Waals surface area contributed by atoms with Gasteiger partial charge in [-0.05, 0) is 69.0 Å². The van der Waals surface area contributed by atoms with Gasteiger partial charge in [0.05, 0.1) is 17.0 Å². The zero-order chi connectivity index (χ0) is 20.3. The molecule has 0 bridgehead atoms. The predicted octanol–water partition coefficient (Wildman–Crippen LogP) is 3.40. The van der Waals surface area contributed by atoms with E-state index < -0.39 is 10.0 Å². The van der Waals surface area contributed by atoms with Crippen molar-refractivity contribution in [3.8, 4) is 0 Å². The minimum atomic E-state index is -3.75. The normalized spacial score (nSPS) is 17.9. The Morgan fingerprint density at radius 3 is 2.68 bits per heavy atom. The van der Waals surface area contributed by atoms with E-state index in [0.29, 0.717) is 16.8 Å². The van der Waals surface area contributed by atoms with Crippen LogP contribution < -0.4 is 10.0 Å². The molecule has 1 fully saturated rings. The molecule has 2 aromatic carbocycles. The van der Waals surface area contributed by atoms with Gasteiger partial charge in [0.1, 0.15) is 0 Å². The highest BCUT2D eigenvalue weighted by Gasteiger charge is 2.24. The van der Waals surface area contributed by atoms with E-state index >= 15 is 0 Å². The zero-order valence-electron chi connectivity index (χ0n) is 16.4. The molecule has 0 aliphatic carbocycles. The van der Waals surface area contributed by atoms with Crippen LogP contribution >= 0.6 is 0 Å². The minimum absolute atomic E-state index is 0.0231. The lowest BCUT2D eigenvalue weighted by molar-refractivity contribution is 0.0712. The minimum Gasteiger partial charge on any atom is -0.376 e. The second-order valence-corrected chi connectivity index (χ2v) is 8.92. The third-order valence-electron chi connectivity index (χ3n) is 4.89. The summed E-state index contributed by atoms with van der Waals surface area (Å²) in [5, 5.41) is 2.94. The highest BCUT2D eigenvalue weighted by atomic mass is 32.2. The number of hydrogen-bond donors (Lipinski definition) is 2. The quantitative estimate of drug-likeness (QED) is 0.776. The van der Waals surface area contributed by atoms with Crippen LogP contribution in [0.3, 0.4) is 0 Å². The summed E-state index contributed by atoms with van der Waals surface area (Å²) in [6, 6.07) is 11.7. The number of carbonyl (C=O) groups excluding carboxylic acids is 1. The number of anilines is 1. The number of sulfonamides is 1. The number of rotatable bonds is 6. The van der Waals surface area contributed by atoms with Crippen LogP contribution in [0.15, 0.2) is 47.4 Å². The number of benzene rings is 2. The number of aryl methyl sites for hydroxylation is 2. The maximum absolute atomic E-state index is 12.8. The van der Waals surface area contributed by atoms with Crippen LogP contribution in [0, 0.1) is 13.8 Å². The molecule has 2 atom stereocenters. The fourth-order valence-electron chi connectivity index (χ4n) is 3.31. The highest BCUT2D eigenvalue weighted by Crippen LogP contribution is 2.22. The highest BCUT2D eigenvalue weighted by molar-refractivity contribution is 7.92. The van der Waals surface area contributed by atoms with Crippen molar-refractivity contribution < 1.29 is 17.9 Å². The summed E-state index contributed by atoms with van der Waals surface area (Å²) in [5.41, 5.74) is 2.27. The van der Waals surface area contributed by atoms with Crippen LogP contribution in [0.5, 0.6) is 0 Å². The summed E-state index contributed by atoms with van der Waals surface area (Å²) in [7, 11) is -3.75. The standard InChI is InChI=1S/C21H26N2O4S/c1-14-9-10-15(2)20(12-14)28(25,26)23-18-7-4-6-17(13-18)21(24)22-16(3)19-8-5-11-27-19/h4,6-7,9-10,12-13,16,19,23H,5,8,11H2,1-3H3,(H,22,24). The molecule has 1 aliphatic rings. The summed E-state index contributed by atoms with van der Waals surface area (Å²) >= 11 is 0. The first kappa shape index (κ1) is 20.4. The molecule has 2 unspecified atom stereocenters. The van der Waals surface area contributed by atoms with Gasteiger partial charge in [-0.1, -0.05) is 18.2 Å². The van der Waals surface area contributed by atoms with Crippen LogP contribution in [0.1, 0.15) is 41.3 Å². The predicted molar refractivity (Wildman–Crippen MR) is 109 cm³/mol. The van der Waals surface area contributed by atoms with Crippen molar-refractivity contribution in [1.29, 1.82) is 0 Å². The van der Waals surface area contributed by atoms with Crippen molar-refractivity contribution in [2.24, 2.45) is 0 Å². The molecule has 3 rings (SSSR count). The zero-order valence-corrected chi connectivity index (χ0v) is 17.2. The first-order chi connectivity index (χ1) is 13.3. The Bertz CT molecular complexity index is 966. The van der Waals surface area contributed by atoms with Gasteiger partial charge in [0, 0.05) is 17.9 Å². The summed E-state index contributed by atoms with van der Waals surface area (Å²) in [5.74, 6) is -0.254. The molecule has 1 amide bonds. The van der Waals surface area contributed by atoms with E-state index in [9.17, 15) is 13.2 Å². The summed E-state index contributed by atoms with van der Waals surface area (Å²) in [6.07, 6.45) is 1.95. The molecule has 6 nitrogen and oxygen atoms in total. The van der Waals surface area contributed by atoms with Crippen molar-refractivity contribution in [2.45, 2.75) is 50.7 Å². The van der Waals surface area contributed by atoms with E-state index in [-0.39, 0.29) is 22.9 Å². The van der Waals surface area contributed by atoms with E-state index in [1.807, 2.05) is 19.9 Å². The van der Waals surface area contributed by atoms with Crippen LogP contribution in [0.2, 0.25) is 0 Å². The fourth-order valence-corrected chi connectivity index (χ4v) is 4.69. The Morgan fingerprint density at radius 2 is 1.96 bits per heavy atom. The molecule has 0 spiro atoms. The number of nitrogens with one attached hydrogen (secondary N) is 2. The van der Waals surface area contributed by atoms with Gasteiger partial charge in [-0.15, -0.1) is 0 Å². The molecule has 1 aliphatic heterocycles. The monoisotopic (exact) mass is 402 g/mol. The molecule has 28 heavy (non-hydrogen) atoms. The van der Waals surface area contributed by atoms with Gasteiger partial charge >= 0.3 is 0 Å². The SMILES string of the molecule is Cc1ccc(C)c(S(=O)(=O)Nc2cccc(C(=O)NC(C)C3CCCO3)c2)c1. The molecular formula is C21H26N2O4S. The number of hydrogen-bond acceptors (Lipinski definition) is 4. The molecule has 150 valence electrons. The van der Waals surface area contributed by atoms with E-state index in [4.69, 9.17) is 4.74 Å². The Labute approximate surface area is 166 Å². The summed E-state index contributed by atoms with van der Waals surface area (Å²) in [6.45, 7) is 6.24. The Balaban J connectivity index is 1.75. The summed E-state index contributed by atoms with van der Waals surface area (Å²) < 4.78 is 33.7. The number of carbonyl (C=O) groups is 1. The van der Waals surface area contributed by atoms with Crippen molar-refractivity contribution >= 4 is 21.6 Å². The largest absolute Gasteiger partial charge is 0.376 e. The second-order valence-electron chi connectivity index (χ2n) is 7.27. The molecular weight excluding hydrogens is 376 g/mol. The molecule has 7 heteroatoms. The Hall–Kier alpha value is -2.38. The van der Waals surface area contributed by atoms with Crippen LogP contribution in [-0.2, 0) is 14.8 Å². The van der Waals surface area contributed by atoms with Crippen LogP contribution in [-0.4, -0.2) is 33.1 Å². The van der Waals surface area contributed by atoms with Crippen molar-refractivity contribution in [3.63, 3.8) is 0 Å². The first-order valence-electron chi connectivity index (χ1n) is 9.39. The molecule has 2 N–H and O–H groups in total. The third-order valence-corrected chi connectivity index (χ3v) is 6.41. The van der Waals surface area contributed by atoms with Crippen LogP contribution in [0.25, 0.3) is 0 Å². The molecule has 0 aromatic heterocycles. The van der Waals surface area contributed by atoms with Crippen molar-refractivity contribution in [1.82, 2.24) is 5.32 Å². The molecule has 0 saturated carbocycles. The molecule has 2 aromatic rings. The van der Waals surface area contributed by atoms with E-state index in [1.54, 1.807) is 43.3 Å². The van der Waals surface area contributed by atoms with Crippen molar-refractivity contribution in [2.75, 3.05) is 11.3 Å². The first-order valence-corrected chi connectivity index (χ1v) is 10.9. The molecule has 1 heterocycles. The molecule has 0 radical (unpaired) electrons. The average Bonchev–Trinajstić information content (AvgIpc) is 3.18.